The van der Waals surface area contributed by atoms with Crippen LogP contribution in [0.1, 0.15) is 72.1 Å². The number of aliphatic hydroxyl groups excluding tert-OH is 1. The summed E-state index contributed by atoms with van der Waals surface area (Å²) < 4.78 is 15.9. The molecule has 4 aliphatic rings. The third-order valence-electron chi connectivity index (χ3n) is 7.26. The zero-order chi connectivity index (χ0) is 22.3. The first-order valence-corrected chi connectivity index (χ1v) is 11.6. The van der Waals surface area contributed by atoms with Gasteiger partial charge in [0.05, 0.1) is 18.1 Å². The highest BCUT2D eigenvalue weighted by Gasteiger charge is 2.62. The predicted molar refractivity (Wildman–Crippen MR) is 109 cm³/mol. The molecule has 2 aliphatic heterocycles. The number of amides is 1. The molecule has 0 aromatic rings. The van der Waals surface area contributed by atoms with E-state index in [0.717, 1.165) is 56.9 Å². The van der Waals surface area contributed by atoms with Crippen LogP contribution in [0.2, 0.25) is 0 Å². The van der Waals surface area contributed by atoms with E-state index in [1.54, 1.807) is 6.92 Å². The Kier molecular flexibility index (Phi) is 6.28. The Labute approximate surface area is 182 Å². The number of ether oxygens (including phenoxy) is 3. The summed E-state index contributed by atoms with van der Waals surface area (Å²) in [5.74, 6) is -1.18. The number of hydrogen-bond acceptors (Lipinski definition) is 7. The van der Waals surface area contributed by atoms with Gasteiger partial charge in [0.15, 0.2) is 0 Å². The molecule has 1 amide bonds. The molecule has 2 saturated carbocycles. The van der Waals surface area contributed by atoms with Gasteiger partial charge < -0.3 is 24.2 Å². The zero-order valence-electron chi connectivity index (χ0n) is 18.5. The number of aliphatic hydroxyl groups is 1. The summed E-state index contributed by atoms with van der Waals surface area (Å²) in [7, 11) is 0. The summed E-state index contributed by atoms with van der Waals surface area (Å²) in [5.41, 5.74) is 1.22. The van der Waals surface area contributed by atoms with Gasteiger partial charge in [-0.1, -0.05) is 19.8 Å². The summed E-state index contributed by atoms with van der Waals surface area (Å²) in [6.45, 7) is 5.15. The van der Waals surface area contributed by atoms with Crippen LogP contribution in [0.3, 0.4) is 0 Å². The molecule has 31 heavy (non-hydrogen) atoms. The van der Waals surface area contributed by atoms with Crippen LogP contribution in [-0.4, -0.2) is 52.6 Å². The van der Waals surface area contributed by atoms with Crippen molar-refractivity contribution in [2.24, 2.45) is 17.8 Å². The highest BCUT2D eigenvalue weighted by molar-refractivity contribution is 6.01. The number of fused-ring (bicyclic) bond motifs is 3. The van der Waals surface area contributed by atoms with Gasteiger partial charge in [0.2, 0.25) is 12.2 Å². The zero-order valence-corrected chi connectivity index (χ0v) is 18.5. The van der Waals surface area contributed by atoms with Gasteiger partial charge in [0, 0.05) is 12.8 Å². The smallest absolute Gasteiger partial charge is 0.431 e. The first-order chi connectivity index (χ1) is 14.8. The van der Waals surface area contributed by atoms with Crippen LogP contribution in [0.25, 0.3) is 0 Å². The van der Waals surface area contributed by atoms with Gasteiger partial charge >= 0.3 is 12.1 Å². The van der Waals surface area contributed by atoms with Gasteiger partial charge in [-0.25, -0.2) is 9.59 Å². The molecular weight excluding hydrogens is 402 g/mol. The van der Waals surface area contributed by atoms with Gasteiger partial charge in [-0.2, -0.15) is 0 Å². The van der Waals surface area contributed by atoms with Crippen LogP contribution < -0.4 is 0 Å². The van der Waals surface area contributed by atoms with Crippen LogP contribution in [0.15, 0.2) is 11.3 Å². The summed E-state index contributed by atoms with van der Waals surface area (Å²) >= 11 is 0. The second-order valence-corrected chi connectivity index (χ2v) is 9.43. The Hall–Kier alpha value is -2.09. The van der Waals surface area contributed by atoms with Crippen LogP contribution >= 0.6 is 0 Å². The second-order valence-electron chi connectivity index (χ2n) is 9.43. The molecule has 0 aromatic carbocycles. The fourth-order valence-electron chi connectivity index (χ4n) is 5.87. The lowest BCUT2D eigenvalue weighted by molar-refractivity contribution is -0.174. The van der Waals surface area contributed by atoms with E-state index in [4.69, 9.17) is 14.2 Å². The van der Waals surface area contributed by atoms with E-state index in [1.165, 1.54) is 11.8 Å². The predicted octanol–water partition coefficient (Wildman–Crippen LogP) is 3.27. The molecule has 172 valence electrons. The number of carbonyl (C=O) groups excluding carboxylic acids is 3. The maximum atomic E-state index is 13.1. The maximum absolute atomic E-state index is 13.1. The molecule has 0 aromatic heterocycles. The Balaban J connectivity index is 1.43. The van der Waals surface area contributed by atoms with Crippen molar-refractivity contribution in [2.45, 2.75) is 96.7 Å². The topological polar surface area (TPSA) is 102 Å². The molecular formula is C23H33NO7. The third-order valence-corrected chi connectivity index (χ3v) is 7.26. The van der Waals surface area contributed by atoms with Gasteiger partial charge in [-0.05, 0) is 56.9 Å². The van der Waals surface area contributed by atoms with Crippen molar-refractivity contribution in [1.29, 1.82) is 0 Å². The summed E-state index contributed by atoms with van der Waals surface area (Å²) in [4.78, 5) is 39.4. The summed E-state index contributed by atoms with van der Waals surface area (Å²) in [5, 5.41) is 10.1. The van der Waals surface area contributed by atoms with Gasteiger partial charge in [-0.15, -0.1) is 0 Å². The average Bonchev–Trinajstić information content (AvgIpc) is 3.00. The van der Waals surface area contributed by atoms with E-state index in [0.29, 0.717) is 0 Å². The number of rotatable bonds is 5. The summed E-state index contributed by atoms with van der Waals surface area (Å²) in [6.07, 6.45) is 4.80. The number of esters is 1. The molecule has 6 unspecified atom stereocenters. The van der Waals surface area contributed by atoms with Crippen molar-refractivity contribution < 1.29 is 33.7 Å². The Morgan fingerprint density at radius 3 is 2.42 bits per heavy atom. The van der Waals surface area contributed by atoms with E-state index in [1.807, 2.05) is 0 Å². The fourth-order valence-corrected chi connectivity index (χ4v) is 5.87. The average molecular weight is 436 g/mol. The monoisotopic (exact) mass is 435 g/mol. The molecule has 8 nitrogen and oxygen atoms in total. The molecule has 1 N–H and O–H groups in total. The number of β-lactam (4-membered cyclic amide) rings is 1. The third kappa shape index (κ3) is 4.06. The molecule has 1 saturated heterocycles. The van der Waals surface area contributed by atoms with Crippen LogP contribution in [0.5, 0.6) is 0 Å². The Morgan fingerprint density at radius 2 is 1.74 bits per heavy atom. The Bertz CT molecular complexity index is 770. The Morgan fingerprint density at radius 1 is 1.03 bits per heavy atom. The normalized spacial score (nSPS) is 32.5. The van der Waals surface area contributed by atoms with E-state index in [2.05, 4.69) is 6.92 Å². The molecule has 2 aliphatic carbocycles. The van der Waals surface area contributed by atoms with Crippen LogP contribution in [0.4, 0.5) is 4.79 Å². The largest absolute Gasteiger partial charge is 0.511 e. The molecule has 3 fully saturated rings. The van der Waals surface area contributed by atoms with E-state index >= 15 is 0 Å². The fraction of sp³-hybridized carbons (Fsp3) is 0.783. The number of hydrogen-bond donors (Lipinski definition) is 1. The second kappa shape index (κ2) is 8.81. The highest BCUT2D eigenvalue weighted by atomic mass is 16.8. The van der Waals surface area contributed by atoms with Crippen LogP contribution in [0, 0.1) is 17.8 Å². The van der Waals surface area contributed by atoms with Crippen molar-refractivity contribution in [3.8, 4) is 0 Å². The van der Waals surface area contributed by atoms with Gasteiger partial charge in [0.1, 0.15) is 11.8 Å². The minimum absolute atomic E-state index is 0.0658. The standard InChI is InChI=1S/C23H33NO7/c1-12-8-7-11-16-17(12)20(24-19(16)18(13(2)25)21(24)26)22(27)29-14(3)30-23(28)31-15-9-5-4-6-10-15/h12-16,18-19,25H,4-11H2,1-3H3. The molecule has 8 heteroatoms. The quantitative estimate of drug-likeness (QED) is 0.402. The minimum atomic E-state index is -1.13. The molecule has 0 radical (unpaired) electrons. The SMILES string of the molecule is CC(OC(=O)OC1CCCCC1)OC(=O)C1=C2C(C)CCCC2C2C(C(C)O)C(=O)N12. The molecule has 6 atom stereocenters. The lowest BCUT2D eigenvalue weighted by atomic mass is 9.70. The lowest BCUT2D eigenvalue weighted by Gasteiger charge is -2.47. The first-order valence-electron chi connectivity index (χ1n) is 11.6. The van der Waals surface area contributed by atoms with E-state index in [-0.39, 0.29) is 35.6 Å². The van der Waals surface area contributed by atoms with E-state index in [9.17, 15) is 19.5 Å². The number of carbonyl (C=O) groups is 3. The minimum Gasteiger partial charge on any atom is -0.431 e. The molecule has 0 spiro atoms. The van der Waals surface area contributed by atoms with Gasteiger partial charge in [0.25, 0.3) is 0 Å². The van der Waals surface area contributed by atoms with Crippen molar-refractivity contribution in [3.05, 3.63) is 11.3 Å². The van der Waals surface area contributed by atoms with Crippen molar-refractivity contribution >= 4 is 18.0 Å². The molecule has 4 rings (SSSR count). The van der Waals surface area contributed by atoms with Crippen molar-refractivity contribution in [2.75, 3.05) is 0 Å². The molecule has 2 heterocycles. The highest BCUT2D eigenvalue weighted by Crippen LogP contribution is 2.53. The lowest BCUT2D eigenvalue weighted by Crippen LogP contribution is -2.64. The maximum Gasteiger partial charge on any atom is 0.511 e. The van der Waals surface area contributed by atoms with Crippen LogP contribution in [-0.2, 0) is 23.8 Å². The summed E-state index contributed by atoms with van der Waals surface area (Å²) in [6, 6.07) is -0.194. The van der Waals surface area contributed by atoms with E-state index < -0.39 is 30.4 Å². The number of nitrogens with zero attached hydrogens (tertiary/aromatic N) is 1. The molecule has 0 bridgehead atoms. The van der Waals surface area contributed by atoms with Crippen molar-refractivity contribution in [3.63, 3.8) is 0 Å². The first kappa shape index (κ1) is 22.1. The van der Waals surface area contributed by atoms with Crippen molar-refractivity contribution in [1.82, 2.24) is 4.90 Å². The van der Waals surface area contributed by atoms with Gasteiger partial charge in [-0.3, -0.25) is 4.79 Å².